The average Bonchev–Trinajstić information content (AvgIpc) is 2.92. The highest BCUT2D eigenvalue weighted by Gasteiger charge is 2.23. The van der Waals surface area contributed by atoms with Gasteiger partial charge in [0.25, 0.3) is 0 Å². The van der Waals surface area contributed by atoms with Crippen molar-refractivity contribution in [3.8, 4) is 0 Å². The van der Waals surface area contributed by atoms with Crippen molar-refractivity contribution in [1.29, 1.82) is 0 Å². The van der Waals surface area contributed by atoms with Gasteiger partial charge in [-0.25, -0.2) is 9.37 Å². The number of carbonyl (C=O) groups is 1. The standard InChI is InChI=1S/C17H16FN3O/c1-2-17(22)20-13-5-6-14-11(9-13)3-7-15(14)21-16-8-4-12(18)10-19-16/h2,4-6,8-10,15H,1,3,7H2,(H,19,21)(H,20,22). The molecule has 5 heteroatoms. The zero-order chi connectivity index (χ0) is 15.5. The van der Waals surface area contributed by atoms with Crippen molar-refractivity contribution in [3.63, 3.8) is 0 Å². The molecule has 1 unspecified atom stereocenters. The van der Waals surface area contributed by atoms with Crippen LogP contribution in [0.2, 0.25) is 0 Å². The van der Waals surface area contributed by atoms with E-state index in [0.717, 1.165) is 18.5 Å². The Balaban J connectivity index is 1.75. The SMILES string of the molecule is C=CC(=O)Nc1ccc2c(c1)CCC2Nc1ccc(F)cn1. The van der Waals surface area contributed by atoms with Gasteiger partial charge in [0.05, 0.1) is 12.2 Å². The number of hydrogen-bond donors (Lipinski definition) is 2. The van der Waals surface area contributed by atoms with E-state index in [1.165, 1.54) is 29.5 Å². The molecule has 1 aliphatic rings. The minimum absolute atomic E-state index is 0.150. The van der Waals surface area contributed by atoms with Gasteiger partial charge in [-0.2, -0.15) is 0 Å². The maximum Gasteiger partial charge on any atom is 0.247 e. The molecule has 0 bridgehead atoms. The Hall–Kier alpha value is -2.69. The van der Waals surface area contributed by atoms with Gasteiger partial charge < -0.3 is 10.6 Å². The van der Waals surface area contributed by atoms with Crippen molar-refractivity contribution < 1.29 is 9.18 Å². The largest absolute Gasteiger partial charge is 0.363 e. The van der Waals surface area contributed by atoms with Crippen LogP contribution in [0.15, 0.2) is 49.2 Å². The number of carbonyl (C=O) groups excluding carboxylic acids is 1. The zero-order valence-corrected chi connectivity index (χ0v) is 12.0. The summed E-state index contributed by atoms with van der Waals surface area (Å²) in [5.74, 6) is 0.0893. The van der Waals surface area contributed by atoms with Gasteiger partial charge in [-0.1, -0.05) is 12.6 Å². The van der Waals surface area contributed by atoms with Gasteiger partial charge in [0.1, 0.15) is 11.6 Å². The van der Waals surface area contributed by atoms with Crippen LogP contribution in [0.3, 0.4) is 0 Å². The molecule has 1 atom stereocenters. The van der Waals surface area contributed by atoms with Gasteiger partial charge in [-0.3, -0.25) is 4.79 Å². The second-order valence-corrected chi connectivity index (χ2v) is 5.20. The summed E-state index contributed by atoms with van der Waals surface area (Å²) in [6.07, 6.45) is 4.31. The normalized spacial score (nSPS) is 16.0. The van der Waals surface area contributed by atoms with Crippen LogP contribution in [0, 0.1) is 5.82 Å². The zero-order valence-electron chi connectivity index (χ0n) is 12.0. The summed E-state index contributed by atoms with van der Waals surface area (Å²) in [5, 5.41) is 6.08. The molecule has 1 aromatic heterocycles. The van der Waals surface area contributed by atoms with Gasteiger partial charge in [0.2, 0.25) is 5.91 Å². The number of benzene rings is 1. The van der Waals surface area contributed by atoms with Gasteiger partial charge in [-0.15, -0.1) is 0 Å². The van der Waals surface area contributed by atoms with Gasteiger partial charge in [-0.05, 0) is 54.3 Å². The molecule has 2 N–H and O–H groups in total. The maximum atomic E-state index is 12.9. The van der Waals surface area contributed by atoms with Gasteiger partial charge in [0, 0.05) is 5.69 Å². The molecular formula is C17H16FN3O. The summed E-state index contributed by atoms with van der Waals surface area (Å²) < 4.78 is 12.9. The summed E-state index contributed by atoms with van der Waals surface area (Å²) in [4.78, 5) is 15.4. The lowest BCUT2D eigenvalue weighted by Gasteiger charge is -2.15. The van der Waals surface area contributed by atoms with Gasteiger partial charge >= 0.3 is 0 Å². The summed E-state index contributed by atoms with van der Waals surface area (Å²) in [5.41, 5.74) is 3.15. The molecule has 0 saturated carbocycles. The second kappa shape index (κ2) is 5.97. The lowest BCUT2D eigenvalue weighted by molar-refractivity contribution is -0.111. The first kappa shape index (κ1) is 14.3. The molecule has 0 aliphatic heterocycles. The van der Waals surface area contributed by atoms with Crippen LogP contribution in [0.4, 0.5) is 15.9 Å². The summed E-state index contributed by atoms with van der Waals surface area (Å²) in [6, 6.07) is 9.03. The number of halogens is 1. The number of pyridine rings is 1. The molecule has 0 spiro atoms. The quantitative estimate of drug-likeness (QED) is 0.850. The second-order valence-electron chi connectivity index (χ2n) is 5.20. The summed E-state index contributed by atoms with van der Waals surface area (Å²) in [7, 11) is 0. The number of aromatic nitrogens is 1. The molecule has 1 aromatic carbocycles. The van der Waals surface area contributed by atoms with Crippen LogP contribution in [0.25, 0.3) is 0 Å². The summed E-state index contributed by atoms with van der Waals surface area (Å²) in [6.45, 7) is 3.44. The molecule has 3 rings (SSSR count). The highest BCUT2D eigenvalue weighted by atomic mass is 19.1. The van der Waals surface area contributed by atoms with E-state index in [1.54, 1.807) is 6.07 Å². The Labute approximate surface area is 128 Å². The number of aryl methyl sites for hydroxylation is 1. The van der Waals surface area contributed by atoms with E-state index in [-0.39, 0.29) is 17.8 Å². The van der Waals surface area contributed by atoms with Crippen molar-refractivity contribution in [1.82, 2.24) is 4.98 Å². The molecule has 4 nitrogen and oxygen atoms in total. The summed E-state index contributed by atoms with van der Waals surface area (Å²) >= 11 is 0. The number of hydrogen-bond acceptors (Lipinski definition) is 3. The fourth-order valence-electron chi connectivity index (χ4n) is 2.68. The molecule has 0 fully saturated rings. The Morgan fingerprint density at radius 1 is 1.36 bits per heavy atom. The Morgan fingerprint density at radius 2 is 2.23 bits per heavy atom. The van der Waals surface area contributed by atoms with Crippen molar-refractivity contribution in [2.24, 2.45) is 0 Å². The molecule has 1 amide bonds. The highest BCUT2D eigenvalue weighted by Crippen LogP contribution is 2.35. The van der Waals surface area contributed by atoms with Crippen molar-refractivity contribution in [2.45, 2.75) is 18.9 Å². The molecule has 2 aromatic rings. The molecule has 1 heterocycles. The molecule has 22 heavy (non-hydrogen) atoms. The molecule has 1 aliphatic carbocycles. The van der Waals surface area contributed by atoms with E-state index in [9.17, 15) is 9.18 Å². The highest BCUT2D eigenvalue weighted by molar-refractivity contribution is 5.98. The van der Waals surface area contributed by atoms with Crippen LogP contribution < -0.4 is 10.6 Å². The number of anilines is 2. The van der Waals surface area contributed by atoms with Crippen LogP contribution in [-0.4, -0.2) is 10.9 Å². The number of nitrogens with one attached hydrogen (secondary N) is 2. The number of nitrogens with zero attached hydrogens (tertiary/aromatic N) is 1. The third-order valence-corrected chi connectivity index (χ3v) is 3.72. The van der Waals surface area contributed by atoms with E-state index in [1.807, 2.05) is 18.2 Å². The van der Waals surface area contributed by atoms with E-state index in [4.69, 9.17) is 0 Å². The topological polar surface area (TPSA) is 54.0 Å². The predicted octanol–water partition coefficient (Wildman–Crippen LogP) is 3.44. The molecule has 0 radical (unpaired) electrons. The molecular weight excluding hydrogens is 281 g/mol. The van der Waals surface area contributed by atoms with Crippen molar-refractivity contribution >= 4 is 17.4 Å². The molecule has 0 saturated heterocycles. The van der Waals surface area contributed by atoms with E-state index >= 15 is 0 Å². The van der Waals surface area contributed by atoms with Crippen LogP contribution in [0.5, 0.6) is 0 Å². The Morgan fingerprint density at radius 3 is 2.95 bits per heavy atom. The minimum atomic E-state index is -0.347. The predicted molar refractivity (Wildman–Crippen MR) is 84.1 cm³/mol. The third kappa shape index (κ3) is 2.98. The third-order valence-electron chi connectivity index (χ3n) is 3.72. The maximum absolute atomic E-state index is 12.9. The van der Waals surface area contributed by atoms with E-state index in [2.05, 4.69) is 22.2 Å². The van der Waals surface area contributed by atoms with Crippen LogP contribution >= 0.6 is 0 Å². The van der Waals surface area contributed by atoms with Crippen molar-refractivity contribution in [2.75, 3.05) is 10.6 Å². The number of rotatable bonds is 4. The number of fused-ring (bicyclic) bond motifs is 1. The lowest BCUT2D eigenvalue weighted by Crippen LogP contribution is -2.09. The number of amides is 1. The fourth-order valence-corrected chi connectivity index (χ4v) is 2.68. The minimum Gasteiger partial charge on any atom is -0.363 e. The van der Waals surface area contributed by atoms with Crippen LogP contribution in [0.1, 0.15) is 23.6 Å². The first-order chi connectivity index (χ1) is 10.7. The van der Waals surface area contributed by atoms with E-state index in [0.29, 0.717) is 5.82 Å². The first-order valence-corrected chi connectivity index (χ1v) is 7.10. The lowest BCUT2D eigenvalue weighted by atomic mass is 10.1. The fraction of sp³-hybridized carbons (Fsp3) is 0.176. The first-order valence-electron chi connectivity index (χ1n) is 7.10. The smallest absolute Gasteiger partial charge is 0.247 e. The monoisotopic (exact) mass is 297 g/mol. The van der Waals surface area contributed by atoms with Crippen molar-refractivity contribution in [3.05, 3.63) is 66.1 Å². The van der Waals surface area contributed by atoms with Gasteiger partial charge in [0.15, 0.2) is 0 Å². The molecule has 112 valence electrons. The Bertz CT molecular complexity index is 712. The average molecular weight is 297 g/mol. The Kier molecular flexibility index (Phi) is 3.87. The van der Waals surface area contributed by atoms with E-state index < -0.39 is 0 Å². The van der Waals surface area contributed by atoms with Crippen LogP contribution in [-0.2, 0) is 11.2 Å².